The van der Waals surface area contributed by atoms with Gasteiger partial charge in [0.2, 0.25) is 0 Å². The van der Waals surface area contributed by atoms with Crippen molar-refractivity contribution >= 4 is 17.8 Å². The standard InChI is InChI=1S/C17H19F2NO3/c1-9-6-20(7-10(2)23-9)16-12(8-21)5-13(14(18)15(16)19)17(22)11-3-4-11/h5,8-11H,3-4,6-7H2,1-2H3. The van der Waals surface area contributed by atoms with Crippen molar-refractivity contribution in [1.82, 2.24) is 0 Å². The molecule has 0 radical (unpaired) electrons. The maximum atomic E-state index is 14.6. The molecule has 1 aliphatic carbocycles. The zero-order valence-electron chi connectivity index (χ0n) is 13.1. The fourth-order valence-corrected chi connectivity index (χ4v) is 3.15. The number of ether oxygens (including phenoxy) is 1. The molecule has 1 aromatic rings. The smallest absolute Gasteiger partial charge is 0.183 e. The van der Waals surface area contributed by atoms with Gasteiger partial charge in [-0.2, -0.15) is 0 Å². The molecule has 0 N–H and O–H groups in total. The molecule has 1 saturated heterocycles. The van der Waals surface area contributed by atoms with E-state index in [4.69, 9.17) is 4.74 Å². The second kappa shape index (κ2) is 6.00. The van der Waals surface area contributed by atoms with E-state index in [0.717, 1.165) is 0 Å². The van der Waals surface area contributed by atoms with Crippen LogP contribution in [0.1, 0.15) is 47.4 Å². The Balaban J connectivity index is 2.04. The summed E-state index contributed by atoms with van der Waals surface area (Å²) in [5.74, 6) is -2.94. The summed E-state index contributed by atoms with van der Waals surface area (Å²) in [4.78, 5) is 25.1. The largest absolute Gasteiger partial charge is 0.372 e. The first kappa shape index (κ1) is 16.1. The third-order valence-electron chi connectivity index (χ3n) is 4.29. The second-order valence-electron chi connectivity index (χ2n) is 6.41. The molecule has 0 spiro atoms. The highest BCUT2D eigenvalue weighted by Crippen LogP contribution is 2.36. The Kier molecular flexibility index (Phi) is 4.19. The minimum atomic E-state index is -1.16. The highest BCUT2D eigenvalue weighted by molar-refractivity contribution is 6.02. The van der Waals surface area contributed by atoms with Crippen LogP contribution in [-0.4, -0.2) is 37.4 Å². The Morgan fingerprint density at radius 2 is 1.83 bits per heavy atom. The topological polar surface area (TPSA) is 46.6 Å². The van der Waals surface area contributed by atoms with Crippen LogP contribution >= 0.6 is 0 Å². The number of carbonyl (C=O) groups excluding carboxylic acids is 2. The third-order valence-corrected chi connectivity index (χ3v) is 4.29. The molecule has 0 aromatic heterocycles. The molecule has 2 fully saturated rings. The minimum absolute atomic E-state index is 0.00852. The zero-order valence-corrected chi connectivity index (χ0v) is 13.1. The molecule has 1 heterocycles. The summed E-state index contributed by atoms with van der Waals surface area (Å²) in [6.45, 7) is 4.39. The van der Waals surface area contributed by atoms with Crippen LogP contribution in [0.15, 0.2) is 6.07 Å². The molecule has 124 valence electrons. The summed E-state index contributed by atoms with van der Waals surface area (Å²) in [6, 6.07) is 1.19. The lowest BCUT2D eigenvalue weighted by Crippen LogP contribution is -2.46. The van der Waals surface area contributed by atoms with Gasteiger partial charge >= 0.3 is 0 Å². The van der Waals surface area contributed by atoms with Crippen LogP contribution in [0.2, 0.25) is 0 Å². The van der Waals surface area contributed by atoms with E-state index in [2.05, 4.69) is 0 Å². The van der Waals surface area contributed by atoms with E-state index in [9.17, 15) is 18.4 Å². The van der Waals surface area contributed by atoms with Gasteiger partial charge in [-0.15, -0.1) is 0 Å². The van der Waals surface area contributed by atoms with Gasteiger partial charge in [0, 0.05) is 24.6 Å². The Bertz CT molecular complexity index is 648. The summed E-state index contributed by atoms with van der Waals surface area (Å²) in [6.07, 6.45) is 1.54. The second-order valence-corrected chi connectivity index (χ2v) is 6.41. The van der Waals surface area contributed by atoms with Gasteiger partial charge in [0.15, 0.2) is 23.7 Å². The number of aldehydes is 1. The number of halogens is 2. The van der Waals surface area contributed by atoms with Gasteiger partial charge in [0.25, 0.3) is 0 Å². The van der Waals surface area contributed by atoms with E-state index >= 15 is 0 Å². The van der Waals surface area contributed by atoms with E-state index in [-0.39, 0.29) is 34.9 Å². The number of Topliss-reactive ketones (excluding diaryl/α,β-unsaturated/α-hetero) is 1. The van der Waals surface area contributed by atoms with Crippen LogP contribution in [0.3, 0.4) is 0 Å². The molecule has 23 heavy (non-hydrogen) atoms. The van der Waals surface area contributed by atoms with Crippen molar-refractivity contribution < 1.29 is 23.1 Å². The molecule has 2 unspecified atom stereocenters. The predicted octanol–water partition coefficient (Wildman–Crippen LogP) is 2.98. The number of rotatable bonds is 4. The number of benzene rings is 1. The SMILES string of the molecule is CC1CN(c2c(C=O)cc(C(=O)C3CC3)c(F)c2F)CC(C)O1. The Hall–Kier alpha value is -1.82. The lowest BCUT2D eigenvalue weighted by Gasteiger charge is -2.37. The number of ketones is 1. The number of morpholine rings is 1. The van der Waals surface area contributed by atoms with E-state index in [0.29, 0.717) is 32.2 Å². The molecule has 4 nitrogen and oxygen atoms in total. The number of carbonyl (C=O) groups is 2. The van der Waals surface area contributed by atoms with Gasteiger partial charge in [-0.05, 0) is 32.8 Å². The number of hydrogen-bond acceptors (Lipinski definition) is 4. The highest BCUT2D eigenvalue weighted by Gasteiger charge is 2.35. The summed E-state index contributed by atoms with van der Waals surface area (Å²) in [7, 11) is 0. The van der Waals surface area contributed by atoms with Crippen molar-refractivity contribution in [1.29, 1.82) is 0 Å². The van der Waals surface area contributed by atoms with Gasteiger partial charge in [-0.1, -0.05) is 0 Å². The lowest BCUT2D eigenvalue weighted by atomic mass is 10.0. The Morgan fingerprint density at radius 1 is 1.22 bits per heavy atom. The summed E-state index contributed by atoms with van der Waals surface area (Å²) in [5.41, 5.74) is -0.383. The third kappa shape index (κ3) is 3.00. The van der Waals surface area contributed by atoms with Crippen LogP contribution < -0.4 is 4.90 Å². The van der Waals surface area contributed by atoms with Crippen molar-refractivity contribution in [2.24, 2.45) is 5.92 Å². The molecule has 1 aromatic carbocycles. The van der Waals surface area contributed by atoms with Crippen molar-refractivity contribution in [3.63, 3.8) is 0 Å². The molecule has 2 aliphatic rings. The van der Waals surface area contributed by atoms with E-state index in [1.165, 1.54) is 6.07 Å². The molecule has 6 heteroatoms. The number of anilines is 1. The van der Waals surface area contributed by atoms with Crippen molar-refractivity contribution in [2.45, 2.75) is 38.9 Å². The normalized spacial score (nSPS) is 24.6. The van der Waals surface area contributed by atoms with Crippen molar-refractivity contribution in [3.8, 4) is 0 Å². The first-order chi connectivity index (χ1) is 10.9. The first-order valence-corrected chi connectivity index (χ1v) is 7.84. The molecular weight excluding hydrogens is 304 g/mol. The lowest BCUT2D eigenvalue weighted by molar-refractivity contribution is -0.00547. The van der Waals surface area contributed by atoms with Crippen molar-refractivity contribution in [2.75, 3.05) is 18.0 Å². The molecular formula is C17H19F2NO3. The molecule has 2 atom stereocenters. The van der Waals surface area contributed by atoms with Gasteiger partial charge in [0.1, 0.15) is 0 Å². The maximum Gasteiger partial charge on any atom is 0.183 e. The zero-order chi connectivity index (χ0) is 16.7. The average molecular weight is 323 g/mol. The summed E-state index contributed by atoms with van der Waals surface area (Å²) >= 11 is 0. The molecule has 1 saturated carbocycles. The number of nitrogens with zero attached hydrogens (tertiary/aromatic N) is 1. The van der Waals surface area contributed by atoms with Crippen LogP contribution in [0.25, 0.3) is 0 Å². The Labute approximate surface area is 133 Å². The minimum Gasteiger partial charge on any atom is -0.372 e. The van der Waals surface area contributed by atoms with Gasteiger partial charge in [-0.25, -0.2) is 8.78 Å². The Morgan fingerprint density at radius 3 is 2.35 bits per heavy atom. The quantitative estimate of drug-likeness (QED) is 0.631. The fourth-order valence-electron chi connectivity index (χ4n) is 3.15. The average Bonchev–Trinajstić information content (AvgIpc) is 3.32. The van der Waals surface area contributed by atoms with E-state index < -0.39 is 17.4 Å². The molecule has 1 aliphatic heterocycles. The van der Waals surface area contributed by atoms with Crippen LogP contribution in [0.5, 0.6) is 0 Å². The summed E-state index contributed by atoms with van der Waals surface area (Å²) in [5, 5.41) is 0. The number of hydrogen-bond donors (Lipinski definition) is 0. The van der Waals surface area contributed by atoms with Gasteiger partial charge in [-0.3, -0.25) is 9.59 Å². The molecule has 3 rings (SSSR count). The molecule has 0 bridgehead atoms. The first-order valence-electron chi connectivity index (χ1n) is 7.84. The van der Waals surface area contributed by atoms with Crippen LogP contribution in [-0.2, 0) is 4.74 Å². The fraction of sp³-hybridized carbons (Fsp3) is 0.529. The predicted molar refractivity (Wildman–Crippen MR) is 81.0 cm³/mol. The van der Waals surface area contributed by atoms with E-state index in [1.807, 2.05) is 13.8 Å². The van der Waals surface area contributed by atoms with Crippen LogP contribution in [0, 0.1) is 17.6 Å². The highest BCUT2D eigenvalue weighted by atomic mass is 19.2. The van der Waals surface area contributed by atoms with Crippen molar-refractivity contribution in [3.05, 3.63) is 28.8 Å². The van der Waals surface area contributed by atoms with Gasteiger partial charge in [0.05, 0.1) is 23.5 Å². The van der Waals surface area contributed by atoms with Gasteiger partial charge < -0.3 is 9.64 Å². The maximum absolute atomic E-state index is 14.6. The molecule has 0 amide bonds. The monoisotopic (exact) mass is 323 g/mol. The van der Waals surface area contributed by atoms with E-state index in [1.54, 1.807) is 4.90 Å². The summed E-state index contributed by atoms with van der Waals surface area (Å²) < 4.78 is 34.6. The van der Waals surface area contributed by atoms with Crippen LogP contribution in [0.4, 0.5) is 14.5 Å².